The van der Waals surface area contributed by atoms with Crippen molar-refractivity contribution in [1.29, 1.82) is 5.41 Å². The van der Waals surface area contributed by atoms with Crippen LogP contribution in [0.3, 0.4) is 0 Å². The predicted octanol–water partition coefficient (Wildman–Crippen LogP) is 1.92. The average Bonchev–Trinajstić information content (AvgIpc) is 3.21. The third kappa shape index (κ3) is 6.40. The van der Waals surface area contributed by atoms with Crippen molar-refractivity contribution in [3.05, 3.63) is 53.7 Å². The van der Waals surface area contributed by atoms with Crippen LogP contribution in [0.25, 0.3) is 0 Å². The number of morpholine rings is 1. The lowest BCUT2D eigenvalue weighted by Gasteiger charge is -2.29. The molecule has 1 atom stereocenters. The Hall–Kier alpha value is -3.17. The number of amides is 2. The quantitative estimate of drug-likeness (QED) is 0.438. The van der Waals surface area contributed by atoms with Gasteiger partial charge in [-0.25, -0.2) is 9.78 Å². The zero-order valence-electron chi connectivity index (χ0n) is 17.9. The number of nitrogens with one attached hydrogen (secondary N) is 2. The van der Waals surface area contributed by atoms with Gasteiger partial charge >= 0.3 is 6.03 Å². The van der Waals surface area contributed by atoms with Gasteiger partial charge in [0.2, 0.25) is 0 Å². The Balaban J connectivity index is 0.000000194. The maximum atomic E-state index is 10.7. The molecule has 2 aromatic rings. The molecule has 1 unspecified atom stereocenters. The summed E-state index contributed by atoms with van der Waals surface area (Å²) in [6.07, 6.45) is 2.78. The van der Waals surface area contributed by atoms with E-state index in [0.29, 0.717) is 43.4 Å². The van der Waals surface area contributed by atoms with Crippen molar-refractivity contribution in [1.82, 2.24) is 14.8 Å². The molecule has 0 radical (unpaired) electrons. The number of hydrogen-bond donors (Lipinski definition) is 4. The predicted molar refractivity (Wildman–Crippen MR) is 122 cm³/mol. The Morgan fingerprint density at radius 3 is 2.52 bits per heavy atom. The van der Waals surface area contributed by atoms with Gasteiger partial charge in [-0.05, 0) is 31.5 Å². The summed E-state index contributed by atoms with van der Waals surface area (Å²) in [6.45, 7) is 4.97. The molecule has 2 fully saturated rings. The number of benzene rings is 1. The Bertz CT molecular complexity index is 885. The van der Waals surface area contributed by atoms with Crippen LogP contribution in [0.5, 0.6) is 0 Å². The number of ether oxygens (including phenoxy) is 1. The largest absolute Gasteiger partial charge is 0.398 e. The number of aromatic nitrogens is 1. The van der Waals surface area contributed by atoms with Gasteiger partial charge in [-0.15, -0.1) is 0 Å². The SMILES string of the molecule is CN1CCC(c2ccccc2)C1.N=C(c1cnc(NC(N)=O)cc1N)N1CCOCC1. The van der Waals surface area contributed by atoms with Gasteiger partial charge in [0.1, 0.15) is 11.7 Å². The maximum absolute atomic E-state index is 10.7. The van der Waals surface area contributed by atoms with Crippen LogP contribution >= 0.6 is 0 Å². The minimum atomic E-state index is -0.706. The summed E-state index contributed by atoms with van der Waals surface area (Å²) >= 11 is 0. The molecule has 3 heterocycles. The standard InChI is InChI=1S/C11H16N6O2.C11H15N/c12-8-5-9(16-11(14)18)15-6-7(8)10(13)17-1-3-19-4-2-17;1-12-8-7-11(9-12)10-5-3-2-4-6-10/h5-6,13H,1-4H2,(H5,12,14,15,16,18);2-6,11H,7-9H2,1H3. The average molecular weight is 426 g/mol. The number of carbonyl (C=O) groups is 1. The Morgan fingerprint density at radius 2 is 1.94 bits per heavy atom. The van der Waals surface area contributed by atoms with E-state index in [2.05, 4.69) is 52.6 Å². The number of hydrogen-bond acceptors (Lipinski definition) is 6. The van der Waals surface area contributed by atoms with E-state index in [1.54, 1.807) is 0 Å². The Morgan fingerprint density at radius 1 is 1.23 bits per heavy atom. The first kappa shape index (κ1) is 22.5. The van der Waals surface area contributed by atoms with Crippen LogP contribution in [0.4, 0.5) is 16.3 Å². The molecule has 4 rings (SSSR count). The summed E-state index contributed by atoms with van der Waals surface area (Å²) in [5, 5.41) is 10.5. The molecular weight excluding hydrogens is 394 g/mol. The minimum Gasteiger partial charge on any atom is -0.398 e. The van der Waals surface area contributed by atoms with E-state index in [4.69, 9.17) is 21.6 Å². The lowest BCUT2D eigenvalue weighted by atomic mass is 9.99. The Kier molecular flexibility index (Phi) is 7.80. The van der Waals surface area contributed by atoms with E-state index in [-0.39, 0.29) is 5.82 Å². The number of pyridine rings is 1. The maximum Gasteiger partial charge on any atom is 0.317 e. The van der Waals surface area contributed by atoms with Crippen molar-refractivity contribution in [2.75, 3.05) is 57.5 Å². The van der Waals surface area contributed by atoms with Crippen molar-refractivity contribution in [3.63, 3.8) is 0 Å². The lowest BCUT2D eigenvalue weighted by molar-refractivity contribution is 0.0680. The molecule has 0 aliphatic carbocycles. The monoisotopic (exact) mass is 425 g/mol. The minimum absolute atomic E-state index is 0.267. The second-order valence-corrected chi connectivity index (χ2v) is 7.75. The highest BCUT2D eigenvalue weighted by molar-refractivity contribution is 6.01. The van der Waals surface area contributed by atoms with Gasteiger partial charge in [0.25, 0.3) is 0 Å². The van der Waals surface area contributed by atoms with Crippen molar-refractivity contribution in [3.8, 4) is 0 Å². The number of nitrogen functional groups attached to an aromatic ring is 1. The molecule has 9 nitrogen and oxygen atoms in total. The summed E-state index contributed by atoms with van der Waals surface area (Å²) in [7, 11) is 2.20. The molecule has 9 heteroatoms. The van der Waals surface area contributed by atoms with Crippen molar-refractivity contribution in [2.24, 2.45) is 5.73 Å². The first-order valence-electron chi connectivity index (χ1n) is 10.4. The number of carbonyl (C=O) groups excluding carboxylic acids is 1. The molecule has 1 aromatic heterocycles. The fourth-order valence-corrected chi connectivity index (χ4v) is 3.75. The van der Waals surface area contributed by atoms with Gasteiger partial charge in [0.15, 0.2) is 0 Å². The number of likely N-dealkylation sites (tertiary alicyclic amines) is 1. The second-order valence-electron chi connectivity index (χ2n) is 7.75. The Labute approximate surface area is 182 Å². The van der Waals surface area contributed by atoms with Crippen molar-refractivity contribution < 1.29 is 9.53 Å². The van der Waals surface area contributed by atoms with Gasteiger partial charge in [0.05, 0.1) is 18.8 Å². The summed E-state index contributed by atoms with van der Waals surface area (Å²) in [6, 6.07) is 11.6. The van der Waals surface area contributed by atoms with E-state index in [1.165, 1.54) is 37.3 Å². The molecule has 1 aromatic carbocycles. The summed E-state index contributed by atoms with van der Waals surface area (Å²) in [4.78, 5) is 19.0. The highest BCUT2D eigenvalue weighted by Crippen LogP contribution is 2.25. The van der Waals surface area contributed by atoms with E-state index in [1.807, 2.05) is 4.90 Å². The topological polar surface area (TPSA) is 134 Å². The number of nitrogens with two attached hydrogens (primary N) is 2. The fourth-order valence-electron chi connectivity index (χ4n) is 3.75. The molecule has 31 heavy (non-hydrogen) atoms. The van der Waals surface area contributed by atoms with Gasteiger partial charge in [-0.1, -0.05) is 30.3 Å². The van der Waals surface area contributed by atoms with Crippen LogP contribution in [0.15, 0.2) is 42.6 Å². The van der Waals surface area contributed by atoms with Crippen LogP contribution in [-0.4, -0.2) is 73.1 Å². The van der Waals surface area contributed by atoms with Crippen LogP contribution < -0.4 is 16.8 Å². The normalized spacial score (nSPS) is 18.7. The summed E-state index contributed by atoms with van der Waals surface area (Å²) in [5.74, 6) is 1.35. The second kappa shape index (κ2) is 10.7. The molecular formula is C22H31N7O2. The van der Waals surface area contributed by atoms with E-state index < -0.39 is 6.03 Å². The van der Waals surface area contributed by atoms with E-state index >= 15 is 0 Å². The van der Waals surface area contributed by atoms with Crippen LogP contribution in [-0.2, 0) is 4.74 Å². The third-order valence-corrected chi connectivity index (χ3v) is 5.43. The molecule has 6 N–H and O–H groups in total. The molecule has 0 spiro atoms. The molecule has 0 bridgehead atoms. The summed E-state index contributed by atoms with van der Waals surface area (Å²) in [5.41, 5.74) is 13.3. The first-order valence-corrected chi connectivity index (χ1v) is 10.4. The molecule has 2 saturated heterocycles. The van der Waals surface area contributed by atoms with Gasteiger partial charge < -0.3 is 26.0 Å². The zero-order valence-corrected chi connectivity index (χ0v) is 17.9. The lowest BCUT2D eigenvalue weighted by Crippen LogP contribution is -2.41. The smallest absolute Gasteiger partial charge is 0.317 e. The molecule has 2 aliphatic rings. The van der Waals surface area contributed by atoms with Crippen LogP contribution in [0.1, 0.15) is 23.5 Å². The van der Waals surface area contributed by atoms with E-state index in [9.17, 15) is 4.79 Å². The number of primary amides is 1. The van der Waals surface area contributed by atoms with Crippen LogP contribution in [0.2, 0.25) is 0 Å². The van der Waals surface area contributed by atoms with Gasteiger partial charge in [-0.2, -0.15) is 0 Å². The fraction of sp³-hybridized carbons (Fsp3) is 0.409. The summed E-state index contributed by atoms with van der Waals surface area (Å²) < 4.78 is 5.23. The highest BCUT2D eigenvalue weighted by atomic mass is 16.5. The van der Waals surface area contributed by atoms with Crippen molar-refractivity contribution in [2.45, 2.75) is 12.3 Å². The number of rotatable bonds is 3. The molecule has 2 aliphatic heterocycles. The highest BCUT2D eigenvalue weighted by Gasteiger charge is 2.20. The van der Waals surface area contributed by atoms with Crippen molar-refractivity contribution >= 4 is 23.4 Å². The number of urea groups is 1. The third-order valence-electron chi connectivity index (χ3n) is 5.43. The van der Waals surface area contributed by atoms with Crippen LogP contribution in [0, 0.1) is 5.41 Å². The zero-order chi connectivity index (χ0) is 22.2. The van der Waals surface area contributed by atoms with E-state index in [0.717, 1.165) is 5.92 Å². The molecule has 166 valence electrons. The van der Waals surface area contributed by atoms with Gasteiger partial charge in [0, 0.05) is 37.6 Å². The number of anilines is 2. The molecule has 2 amide bonds. The number of amidine groups is 1. The van der Waals surface area contributed by atoms with Gasteiger partial charge in [-0.3, -0.25) is 10.7 Å². The number of likely N-dealkylation sites (N-methyl/N-ethyl adjacent to an activating group) is 1. The molecule has 0 saturated carbocycles. The number of nitrogens with zero attached hydrogens (tertiary/aromatic N) is 3. The first-order chi connectivity index (χ1) is 14.9.